The minimum Gasteiger partial charge on any atom is -0.340 e. The van der Waals surface area contributed by atoms with Crippen LogP contribution in [0, 0.1) is 0 Å². The van der Waals surface area contributed by atoms with Crippen LogP contribution in [0.4, 0.5) is 0 Å². The van der Waals surface area contributed by atoms with Gasteiger partial charge < -0.3 is 4.57 Å². The summed E-state index contributed by atoms with van der Waals surface area (Å²) in [6.07, 6.45) is 15.1. The van der Waals surface area contributed by atoms with Crippen molar-refractivity contribution in [2.75, 3.05) is 0 Å². The number of hydrogen-bond donors (Lipinski definition) is 0. The zero-order valence-corrected chi connectivity index (χ0v) is 18.7. The lowest BCUT2D eigenvalue weighted by molar-refractivity contribution is -0.671. The van der Waals surface area contributed by atoms with Gasteiger partial charge in [0, 0.05) is 28.4 Å². The molecule has 3 heterocycles. The molecule has 31 heavy (non-hydrogen) atoms. The van der Waals surface area contributed by atoms with Crippen molar-refractivity contribution >= 4 is 21.8 Å². The highest BCUT2D eigenvalue weighted by Crippen LogP contribution is 2.31. The third kappa shape index (κ3) is 3.88. The van der Waals surface area contributed by atoms with Crippen LogP contribution < -0.4 is 9.13 Å². The molecule has 0 bridgehead atoms. The number of imidazole rings is 2. The largest absolute Gasteiger partial charge is 0.340 e. The zero-order valence-electron chi connectivity index (χ0n) is 18.7. The predicted octanol–water partition coefficient (Wildman–Crippen LogP) is 3.94. The fourth-order valence-corrected chi connectivity index (χ4v) is 4.56. The molecule has 0 fully saturated rings. The Hall–Kier alpha value is -3.34. The Kier molecular flexibility index (Phi) is 5.10. The second-order valence-corrected chi connectivity index (χ2v) is 8.71. The molecule has 0 saturated carbocycles. The molecule has 158 valence electrons. The number of aryl methyl sites for hydroxylation is 3. The summed E-state index contributed by atoms with van der Waals surface area (Å²) in [7, 11) is 4.13. The summed E-state index contributed by atoms with van der Waals surface area (Å²) < 4.78 is 11.1. The molecule has 2 aromatic carbocycles. The fourth-order valence-electron chi connectivity index (χ4n) is 4.56. The van der Waals surface area contributed by atoms with Crippen LogP contribution >= 0.6 is 0 Å². The van der Waals surface area contributed by atoms with Crippen molar-refractivity contribution < 1.29 is 9.13 Å². The van der Waals surface area contributed by atoms with E-state index in [2.05, 4.69) is 118 Å². The van der Waals surface area contributed by atoms with Crippen LogP contribution in [0.5, 0.6) is 0 Å². The van der Waals surface area contributed by atoms with Crippen LogP contribution in [-0.2, 0) is 33.7 Å². The van der Waals surface area contributed by atoms with E-state index in [4.69, 9.17) is 0 Å². The maximum absolute atomic E-state index is 2.51. The third-order valence-corrected chi connectivity index (χ3v) is 6.11. The molecular formula is C26H31N5+2. The molecule has 0 aliphatic rings. The van der Waals surface area contributed by atoms with Crippen LogP contribution in [-0.4, -0.2) is 13.7 Å². The topological polar surface area (TPSA) is 22.5 Å². The SMILES string of the molecule is CCCCn1c2ccc(Cn3cc[n+](C)c3)cc2c2cc(Cn3cc[n+](C)c3)ccc21. The highest BCUT2D eigenvalue weighted by atomic mass is 15.1. The lowest BCUT2D eigenvalue weighted by Crippen LogP contribution is -2.23. The molecule has 0 atom stereocenters. The van der Waals surface area contributed by atoms with Crippen LogP contribution in [0.1, 0.15) is 30.9 Å². The second kappa shape index (κ2) is 8.06. The van der Waals surface area contributed by atoms with E-state index in [-0.39, 0.29) is 0 Å². The highest BCUT2D eigenvalue weighted by molar-refractivity contribution is 6.08. The summed E-state index contributed by atoms with van der Waals surface area (Å²) in [5.74, 6) is 0. The molecule has 3 aromatic heterocycles. The van der Waals surface area contributed by atoms with Gasteiger partial charge in [0.2, 0.25) is 12.7 Å². The van der Waals surface area contributed by atoms with E-state index in [9.17, 15) is 0 Å². The van der Waals surface area contributed by atoms with E-state index in [0.29, 0.717) is 0 Å². The summed E-state index contributed by atoms with van der Waals surface area (Å²) in [5.41, 5.74) is 5.35. The molecule has 0 N–H and O–H groups in total. The number of unbranched alkanes of at least 4 members (excludes halogenated alkanes) is 1. The summed E-state index contributed by atoms with van der Waals surface area (Å²) in [6, 6.07) is 14.0. The van der Waals surface area contributed by atoms with Gasteiger partial charge in [0.05, 0.1) is 14.1 Å². The lowest BCUT2D eigenvalue weighted by Gasteiger charge is -2.07. The lowest BCUT2D eigenvalue weighted by atomic mass is 10.1. The van der Waals surface area contributed by atoms with Gasteiger partial charge in [-0.3, -0.25) is 0 Å². The zero-order chi connectivity index (χ0) is 21.4. The predicted molar refractivity (Wildman–Crippen MR) is 124 cm³/mol. The van der Waals surface area contributed by atoms with Gasteiger partial charge in [-0.25, -0.2) is 18.3 Å². The summed E-state index contributed by atoms with van der Waals surface area (Å²) >= 11 is 0. The van der Waals surface area contributed by atoms with E-state index in [1.165, 1.54) is 45.8 Å². The number of rotatable bonds is 7. The molecular weight excluding hydrogens is 382 g/mol. The monoisotopic (exact) mass is 413 g/mol. The average Bonchev–Trinajstić information content (AvgIpc) is 3.44. The van der Waals surface area contributed by atoms with Crippen LogP contribution in [0.15, 0.2) is 73.8 Å². The van der Waals surface area contributed by atoms with Gasteiger partial charge in [-0.05, 0) is 41.8 Å². The van der Waals surface area contributed by atoms with E-state index >= 15 is 0 Å². The van der Waals surface area contributed by atoms with Crippen LogP contribution in [0.3, 0.4) is 0 Å². The number of aromatic nitrogens is 5. The van der Waals surface area contributed by atoms with Gasteiger partial charge in [-0.15, -0.1) is 0 Å². The second-order valence-electron chi connectivity index (χ2n) is 8.71. The number of nitrogens with zero attached hydrogens (tertiary/aromatic N) is 5. The van der Waals surface area contributed by atoms with E-state index in [0.717, 1.165) is 19.6 Å². The summed E-state index contributed by atoms with van der Waals surface area (Å²) in [5, 5.41) is 2.72. The molecule has 5 nitrogen and oxygen atoms in total. The molecule has 0 aliphatic heterocycles. The van der Waals surface area contributed by atoms with Crippen molar-refractivity contribution in [1.82, 2.24) is 13.7 Å². The molecule has 0 radical (unpaired) electrons. The van der Waals surface area contributed by atoms with Crippen molar-refractivity contribution in [3.8, 4) is 0 Å². The minimum atomic E-state index is 0.887. The number of fused-ring (bicyclic) bond motifs is 3. The van der Waals surface area contributed by atoms with Gasteiger partial charge in [0.1, 0.15) is 37.9 Å². The first-order valence-electron chi connectivity index (χ1n) is 11.2. The Morgan fingerprint density at radius 2 is 1.26 bits per heavy atom. The fraction of sp³-hybridized carbons (Fsp3) is 0.308. The Balaban J connectivity index is 1.59. The van der Waals surface area contributed by atoms with Crippen molar-refractivity contribution in [1.29, 1.82) is 0 Å². The molecule has 0 amide bonds. The van der Waals surface area contributed by atoms with E-state index in [1.54, 1.807) is 0 Å². The Morgan fingerprint density at radius 1 is 0.742 bits per heavy atom. The first-order valence-corrected chi connectivity index (χ1v) is 11.2. The third-order valence-electron chi connectivity index (χ3n) is 6.11. The van der Waals surface area contributed by atoms with Crippen LogP contribution in [0.2, 0.25) is 0 Å². The smallest absolute Gasteiger partial charge is 0.243 e. The van der Waals surface area contributed by atoms with Gasteiger partial charge in [-0.2, -0.15) is 0 Å². The molecule has 5 heteroatoms. The van der Waals surface area contributed by atoms with Crippen molar-refractivity contribution in [3.05, 3.63) is 85.0 Å². The molecule has 5 rings (SSSR count). The Labute approximate surface area is 183 Å². The van der Waals surface area contributed by atoms with E-state index in [1.807, 2.05) is 0 Å². The van der Waals surface area contributed by atoms with Crippen LogP contribution in [0.25, 0.3) is 21.8 Å². The quantitative estimate of drug-likeness (QED) is 0.361. The van der Waals surface area contributed by atoms with Gasteiger partial charge in [0.15, 0.2) is 0 Å². The standard InChI is InChI=1S/C26H31N5/c1-4-5-10-31-25-8-6-21(17-29-13-11-27(2)19-29)15-23(25)24-16-22(7-9-26(24)31)18-30-14-12-28(3)20-30/h6-9,11-16,19-20H,4-5,10,17-18H2,1-3H3/q+2. The minimum absolute atomic E-state index is 0.887. The molecule has 5 aromatic rings. The number of benzene rings is 2. The Bertz CT molecular complexity index is 1250. The summed E-state index contributed by atoms with van der Waals surface area (Å²) in [4.78, 5) is 0. The van der Waals surface area contributed by atoms with Crippen molar-refractivity contribution in [2.24, 2.45) is 14.1 Å². The average molecular weight is 414 g/mol. The van der Waals surface area contributed by atoms with Gasteiger partial charge in [0.25, 0.3) is 0 Å². The van der Waals surface area contributed by atoms with Gasteiger partial charge in [-0.1, -0.05) is 25.5 Å². The van der Waals surface area contributed by atoms with Crippen molar-refractivity contribution in [3.63, 3.8) is 0 Å². The Morgan fingerprint density at radius 3 is 1.68 bits per heavy atom. The maximum atomic E-state index is 2.51. The van der Waals surface area contributed by atoms with E-state index < -0.39 is 0 Å². The number of hydrogen-bond acceptors (Lipinski definition) is 0. The summed E-state index contributed by atoms with van der Waals surface area (Å²) in [6.45, 7) is 5.10. The van der Waals surface area contributed by atoms with Crippen molar-refractivity contribution in [2.45, 2.75) is 39.4 Å². The maximum Gasteiger partial charge on any atom is 0.243 e. The molecule has 0 unspecified atom stereocenters. The molecule has 0 saturated heterocycles. The molecule has 0 aliphatic carbocycles. The van der Waals surface area contributed by atoms with Gasteiger partial charge >= 0.3 is 0 Å². The first kappa shape index (κ1) is 19.6. The first-order chi connectivity index (χ1) is 15.1. The normalized spacial score (nSPS) is 11.7. The highest BCUT2D eigenvalue weighted by Gasteiger charge is 2.14. The molecule has 0 spiro atoms.